The predicted octanol–water partition coefficient (Wildman–Crippen LogP) is 2.52. The van der Waals surface area contributed by atoms with Crippen LogP contribution in [0.5, 0.6) is 5.88 Å². The molecule has 144 valence electrons. The van der Waals surface area contributed by atoms with Crippen LogP contribution in [0.1, 0.15) is 12.8 Å². The van der Waals surface area contributed by atoms with Crippen molar-refractivity contribution in [1.82, 2.24) is 19.7 Å². The normalized spacial score (nSPS) is 13.5. The number of halogens is 2. The van der Waals surface area contributed by atoms with E-state index in [9.17, 15) is 14.0 Å². The minimum atomic E-state index is -0.617. The van der Waals surface area contributed by atoms with Gasteiger partial charge in [-0.15, -0.1) is 5.10 Å². The quantitative estimate of drug-likeness (QED) is 0.623. The summed E-state index contributed by atoms with van der Waals surface area (Å²) in [6.07, 6.45) is 4.10. The lowest BCUT2D eigenvalue weighted by Crippen LogP contribution is -2.30. The summed E-state index contributed by atoms with van der Waals surface area (Å²) in [7, 11) is 0. The second-order valence-corrected chi connectivity index (χ2v) is 7.40. The third-order valence-corrected chi connectivity index (χ3v) is 4.70. The number of carbonyl (C=O) groups excluding carboxylic acids is 1. The first-order valence-corrected chi connectivity index (χ1v) is 9.39. The molecule has 0 unspecified atom stereocenters. The Morgan fingerprint density at radius 2 is 2.04 bits per heavy atom. The van der Waals surface area contributed by atoms with Gasteiger partial charge in [-0.1, -0.05) is 15.9 Å². The smallest absolute Gasteiger partial charge is 0.275 e. The topological polar surface area (TPSA) is 99.0 Å². The molecule has 3 aromatic rings. The van der Waals surface area contributed by atoms with E-state index < -0.39 is 17.3 Å². The van der Waals surface area contributed by atoms with Gasteiger partial charge in [0.15, 0.2) is 5.82 Å². The van der Waals surface area contributed by atoms with Crippen molar-refractivity contribution in [3.05, 3.63) is 51.2 Å². The second kappa shape index (κ2) is 7.63. The van der Waals surface area contributed by atoms with Gasteiger partial charge in [-0.3, -0.25) is 14.9 Å². The molecule has 1 aromatic carbocycles. The standard InChI is InChI=1S/C18H15BrFN5O3/c19-11-3-4-13-14(5-11)16(28-9-10-1-2-10)24-25(17(13)27)8-15(26)23-18-21-6-12(20)7-22-18/h3-7,10H,1-2,8-9H2,(H,21,22,23,26). The molecule has 0 bridgehead atoms. The average Bonchev–Trinajstić information content (AvgIpc) is 3.49. The SMILES string of the molecule is O=C(Cn1nc(OCC2CC2)c2cc(Br)ccc2c1=O)Nc1ncc(F)cn1. The van der Waals surface area contributed by atoms with Crippen LogP contribution in [-0.2, 0) is 11.3 Å². The molecule has 0 spiro atoms. The highest BCUT2D eigenvalue weighted by molar-refractivity contribution is 9.10. The number of hydrogen-bond acceptors (Lipinski definition) is 6. The maximum Gasteiger partial charge on any atom is 0.275 e. The molecule has 28 heavy (non-hydrogen) atoms. The number of hydrogen-bond donors (Lipinski definition) is 1. The van der Waals surface area contributed by atoms with Crippen LogP contribution >= 0.6 is 15.9 Å². The molecule has 0 saturated heterocycles. The van der Waals surface area contributed by atoms with Crippen LogP contribution in [0.2, 0.25) is 0 Å². The summed E-state index contributed by atoms with van der Waals surface area (Å²) in [6.45, 7) is 0.161. The van der Waals surface area contributed by atoms with Crippen molar-refractivity contribution < 1.29 is 13.9 Å². The molecule has 0 aliphatic heterocycles. The first kappa shape index (κ1) is 18.5. The highest BCUT2D eigenvalue weighted by Crippen LogP contribution is 2.31. The van der Waals surface area contributed by atoms with Crippen molar-refractivity contribution in [2.75, 3.05) is 11.9 Å². The van der Waals surface area contributed by atoms with Gasteiger partial charge >= 0.3 is 0 Å². The number of nitrogens with one attached hydrogen (secondary N) is 1. The zero-order valence-corrected chi connectivity index (χ0v) is 16.1. The van der Waals surface area contributed by atoms with E-state index in [2.05, 4.69) is 36.3 Å². The molecule has 1 saturated carbocycles. The molecule has 10 heteroatoms. The van der Waals surface area contributed by atoms with Gasteiger partial charge in [-0.05, 0) is 37.0 Å². The summed E-state index contributed by atoms with van der Waals surface area (Å²) in [6, 6.07) is 5.17. The number of fused-ring (bicyclic) bond motifs is 1. The third-order valence-electron chi connectivity index (χ3n) is 4.21. The maximum absolute atomic E-state index is 12.9. The molecule has 0 atom stereocenters. The van der Waals surface area contributed by atoms with E-state index in [0.29, 0.717) is 29.2 Å². The minimum Gasteiger partial charge on any atom is -0.476 e. The fourth-order valence-electron chi connectivity index (χ4n) is 2.60. The number of anilines is 1. The van der Waals surface area contributed by atoms with Crippen LogP contribution in [0.3, 0.4) is 0 Å². The first-order valence-electron chi connectivity index (χ1n) is 8.60. The Bertz CT molecular complexity index is 1100. The Labute approximate surface area is 166 Å². The average molecular weight is 448 g/mol. The van der Waals surface area contributed by atoms with Gasteiger partial charge in [-0.25, -0.2) is 19.0 Å². The number of nitrogens with zero attached hydrogens (tertiary/aromatic N) is 4. The van der Waals surface area contributed by atoms with Crippen LogP contribution < -0.4 is 15.6 Å². The number of ether oxygens (including phenoxy) is 1. The van der Waals surface area contributed by atoms with Crippen molar-refractivity contribution in [3.63, 3.8) is 0 Å². The van der Waals surface area contributed by atoms with E-state index in [-0.39, 0.29) is 12.5 Å². The van der Waals surface area contributed by atoms with E-state index in [1.165, 1.54) is 0 Å². The highest BCUT2D eigenvalue weighted by atomic mass is 79.9. The monoisotopic (exact) mass is 447 g/mol. The molecule has 4 rings (SSSR count). The highest BCUT2D eigenvalue weighted by Gasteiger charge is 2.23. The molecule has 8 nitrogen and oxygen atoms in total. The van der Waals surface area contributed by atoms with Crippen molar-refractivity contribution in [3.8, 4) is 5.88 Å². The van der Waals surface area contributed by atoms with Gasteiger partial charge in [0.25, 0.3) is 5.56 Å². The van der Waals surface area contributed by atoms with E-state index in [1.54, 1.807) is 18.2 Å². The van der Waals surface area contributed by atoms with E-state index in [1.807, 2.05) is 0 Å². The number of rotatable bonds is 6. The summed E-state index contributed by atoms with van der Waals surface area (Å²) in [5, 5.41) is 7.62. The summed E-state index contributed by atoms with van der Waals surface area (Å²) < 4.78 is 20.5. The van der Waals surface area contributed by atoms with Crippen LogP contribution in [-0.4, -0.2) is 32.3 Å². The van der Waals surface area contributed by atoms with Crippen LogP contribution in [0.25, 0.3) is 10.8 Å². The zero-order chi connectivity index (χ0) is 19.7. The van der Waals surface area contributed by atoms with E-state index in [0.717, 1.165) is 34.4 Å². The van der Waals surface area contributed by atoms with Gasteiger partial charge in [-0.2, -0.15) is 0 Å². The Morgan fingerprint density at radius 3 is 2.75 bits per heavy atom. The van der Waals surface area contributed by atoms with Crippen LogP contribution in [0.15, 0.2) is 39.9 Å². The van der Waals surface area contributed by atoms with Crippen LogP contribution in [0.4, 0.5) is 10.3 Å². The van der Waals surface area contributed by atoms with Crippen molar-refractivity contribution in [1.29, 1.82) is 0 Å². The molecular weight excluding hydrogens is 433 g/mol. The lowest BCUT2D eigenvalue weighted by Gasteiger charge is -2.12. The fourth-order valence-corrected chi connectivity index (χ4v) is 2.96. The summed E-state index contributed by atoms with van der Waals surface area (Å²) in [5.74, 6) is -0.439. The summed E-state index contributed by atoms with van der Waals surface area (Å²) in [4.78, 5) is 32.3. The number of amides is 1. The van der Waals surface area contributed by atoms with E-state index >= 15 is 0 Å². The van der Waals surface area contributed by atoms with Gasteiger partial charge in [0.2, 0.25) is 17.7 Å². The number of benzene rings is 1. The Morgan fingerprint density at radius 1 is 1.29 bits per heavy atom. The van der Waals surface area contributed by atoms with Crippen molar-refractivity contribution in [2.24, 2.45) is 5.92 Å². The summed E-state index contributed by atoms with van der Waals surface area (Å²) in [5.41, 5.74) is -0.420. The molecule has 1 N–H and O–H groups in total. The van der Waals surface area contributed by atoms with Gasteiger partial charge in [0, 0.05) is 4.47 Å². The zero-order valence-electron chi connectivity index (χ0n) is 14.6. The first-order chi connectivity index (χ1) is 13.5. The fraction of sp³-hybridized carbons (Fsp3) is 0.278. The van der Waals surface area contributed by atoms with Gasteiger partial charge < -0.3 is 4.74 Å². The van der Waals surface area contributed by atoms with Crippen molar-refractivity contribution >= 4 is 38.6 Å². The molecule has 1 amide bonds. The number of carbonyl (C=O) groups is 1. The lowest BCUT2D eigenvalue weighted by atomic mass is 10.2. The molecule has 2 heterocycles. The molecule has 1 aliphatic rings. The van der Waals surface area contributed by atoms with Gasteiger partial charge in [0.05, 0.1) is 29.8 Å². The molecule has 1 fully saturated rings. The van der Waals surface area contributed by atoms with Crippen LogP contribution in [0, 0.1) is 11.7 Å². The lowest BCUT2D eigenvalue weighted by molar-refractivity contribution is -0.117. The minimum absolute atomic E-state index is 0.0608. The number of aromatic nitrogens is 4. The van der Waals surface area contributed by atoms with Crippen molar-refractivity contribution in [2.45, 2.75) is 19.4 Å². The third kappa shape index (κ3) is 4.16. The largest absolute Gasteiger partial charge is 0.476 e. The Hall–Kier alpha value is -2.88. The molecular formula is C18H15BrFN5O3. The predicted molar refractivity (Wildman–Crippen MR) is 103 cm³/mol. The molecule has 0 radical (unpaired) electrons. The molecule has 2 aromatic heterocycles. The Kier molecular flexibility index (Phi) is 5.03. The Balaban J connectivity index is 1.62. The maximum atomic E-state index is 12.9. The van der Waals surface area contributed by atoms with Gasteiger partial charge in [0.1, 0.15) is 6.54 Å². The summed E-state index contributed by atoms with van der Waals surface area (Å²) >= 11 is 3.39. The van der Waals surface area contributed by atoms with E-state index in [4.69, 9.17) is 4.74 Å². The second-order valence-electron chi connectivity index (χ2n) is 6.49. The molecule has 1 aliphatic carbocycles.